The second-order valence-corrected chi connectivity index (χ2v) is 3.69. The average Bonchev–Trinajstić information content (AvgIpc) is 2.84. The SMILES string of the molecule is CCc1nnc(COc2ccccc2CC)o1. The molecule has 4 heteroatoms. The lowest BCUT2D eigenvalue weighted by atomic mass is 10.1. The number of hydrogen-bond acceptors (Lipinski definition) is 4. The first kappa shape index (κ1) is 11.6. The summed E-state index contributed by atoms with van der Waals surface area (Å²) in [6.07, 6.45) is 1.69. The summed E-state index contributed by atoms with van der Waals surface area (Å²) < 4.78 is 11.1. The van der Waals surface area contributed by atoms with E-state index in [9.17, 15) is 0 Å². The summed E-state index contributed by atoms with van der Waals surface area (Å²) in [7, 11) is 0. The number of ether oxygens (including phenoxy) is 1. The van der Waals surface area contributed by atoms with E-state index in [0.717, 1.165) is 18.6 Å². The maximum atomic E-state index is 5.68. The second kappa shape index (κ2) is 5.48. The molecule has 0 bridgehead atoms. The Morgan fingerprint density at radius 1 is 1.06 bits per heavy atom. The Balaban J connectivity index is 2.01. The molecule has 1 heterocycles. The van der Waals surface area contributed by atoms with Crippen LogP contribution in [0.25, 0.3) is 0 Å². The zero-order valence-corrected chi connectivity index (χ0v) is 10.1. The van der Waals surface area contributed by atoms with E-state index in [-0.39, 0.29) is 0 Å². The number of aryl methyl sites for hydroxylation is 2. The van der Waals surface area contributed by atoms with Gasteiger partial charge in [0, 0.05) is 6.42 Å². The summed E-state index contributed by atoms with van der Waals surface area (Å²) in [5.41, 5.74) is 1.18. The monoisotopic (exact) mass is 232 g/mol. The average molecular weight is 232 g/mol. The molecule has 0 N–H and O–H groups in total. The second-order valence-electron chi connectivity index (χ2n) is 3.69. The Hall–Kier alpha value is -1.84. The smallest absolute Gasteiger partial charge is 0.253 e. The molecule has 0 spiro atoms. The largest absolute Gasteiger partial charge is 0.484 e. The highest BCUT2D eigenvalue weighted by molar-refractivity contribution is 5.33. The predicted octanol–water partition coefficient (Wildman–Crippen LogP) is 2.77. The molecular formula is C13H16N2O2. The highest BCUT2D eigenvalue weighted by Gasteiger charge is 2.06. The molecule has 0 radical (unpaired) electrons. The summed E-state index contributed by atoms with van der Waals surface area (Å²) in [5, 5.41) is 7.81. The van der Waals surface area contributed by atoms with Crippen molar-refractivity contribution in [3.63, 3.8) is 0 Å². The lowest BCUT2D eigenvalue weighted by molar-refractivity contribution is 0.257. The van der Waals surface area contributed by atoms with Gasteiger partial charge in [0.1, 0.15) is 5.75 Å². The van der Waals surface area contributed by atoms with Gasteiger partial charge in [-0.3, -0.25) is 0 Å². The Labute approximate surface area is 101 Å². The Morgan fingerprint density at radius 2 is 1.82 bits per heavy atom. The molecule has 2 aromatic rings. The number of para-hydroxylation sites is 1. The fourth-order valence-corrected chi connectivity index (χ4v) is 1.57. The Bertz CT molecular complexity index is 480. The maximum absolute atomic E-state index is 5.68. The van der Waals surface area contributed by atoms with Gasteiger partial charge in [0.2, 0.25) is 5.89 Å². The number of aromatic nitrogens is 2. The van der Waals surface area contributed by atoms with Gasteiger partial charge in [-0.15, -0.1) is 10.2 Å². The van der Waals surface area contributed by atoms with Crippen LogP contribution >= 0.6 is 0 Å². The van der Waals surface area contributed by atoms with Crippen LogP contribution in [-0.2, 0) is 19.4 Å². The van der Waals surface area contributed by atoms with Crippen LogP contribution in [0.3, 0.4) is 0 Å². The van der Waals surface area contributed by atoms with Crippen LogP contribution in [0.5, 0.6) is 5.75 Å². The van der Waals surface area contributed by atoms with Gasteiger partial charge < -0.3 is 9.15 Å². The molecule has 0 saturated carbocycles. The number of nitrogens with zero attached hydrogens (tertiary/aromatic N) is 2. The molecule has 0 unspecified atom stereocenters. The van der Waals surface area contributed by atoms with E-state index in [1.165, 1.54) is 5.56 Å². The van der Waals surface area contributed by atoms with Gasteiger partial charge in [0.05, 0.1) is 0 Å². The summed E-state index contributed by atoms with van der Waals surface area (Å²) in [6, 6.07) is 7.98. The maximum Gasteiger partial charge on any atom is 0.253 e. The molecule has 0 aliphatic heterocycles. The molecule has 0 saturated heterocycles. The lowest BCUT2D eigenvalue weighted by Gasteiger charge is -2.07. The van der Waals surface area contributed by atoms with Crippen molar-refractivity contribution in [2.45, 2.75) is 33.3 Å². The first-order valence-corrected chi connectivity index (χ1v) is 5.85. The van der Waals surface area contributed by atoms with Crippen LogP contribution < -0.4 is 4.74 Å². The Morgan fingerprint density at radius 3 is 2.53 bits per heavy atom. The van der Waals surface area contributed by atoms with E-state index < -0.39 is 0 Å². The molecule has 4 nitrogen and oxygen atoms in total. The number of benzene rings is 1. The van der Waals surface area contributed by atoms with Crippen molar-refractivity contribution in [2.75, 3.05) is 0 Å². The van der Waals surface area contributed by atoms with Crippen LogP contribution in [-0.4, -0.2) is 10.2 Å². The molecule has 0 aliphatic carbocycles. The van der Waals surface area contributed by atoms with Crippen LogP contribution in [0.2, 0.25) is 0 Å². The fraction of sp³-hybridized carbons (Fsp3) is 0.385. The number of rotatable bonds is 5. The van der Waals surface area contributed by atoms with Crippen molar-refractivity contribution >= 4 is 0 Å². The van der Waals surface area contributed by atoms with Crippen LogP contribution in [0.1, 0.15) is 31.2 Å². The molecule has 17 heavy (non-hydrogen) atoms. The minimum absolute atomic E-state index is 0.323. The molecule has 0 fully saturated rings. The minimum Gasteiger partial charge on any atom is -0.484 e. The first-order chi connectivity index (χ1) is 8.33. The zero-order valence-electron chi connectivity index (χ0n) is 10.1. The molecule has 1 aromatic heterocycles. The van der Waals surface area contributed by atoms with E-state index >= 15 is 0 Å². The van der Waals surface area contributed by atoms with Crippen molar-refractivity contribution in [1.82, 2.24) is 10.2 Å². The Kier molecular flexibility index (Phi) is 3.75. The molecule has 90 valence electrons. The van der Waals surface area contributed by atoms with Crippen molar-refractivity contribution < 1.29 is 9.15 Å². The van der Waals surface area contributed by atoms with Crippen molar-refractivity contribution in [2.24, 2.45) is 0 Å². The zero-order chi connectivity index (χ0) is 12.1. The van der Waals surface area contributed by atoms with E-state index in [4.69, 9.17) is 9.15 Å². The topological polar surface area (TPSA) is 48.2 Å². The van der Waals surface area contributed by atoms with E-state index in [1.807, 2.05) is 25.1 Å². The highest BCUT2D eigenvalue weighted by atomic mass is 16.5. The van der Waals surface area contributed by atoms with E-state index in [0.29, 0.717) is 18.4 Å². The molecule has 0 amide bonds. The van der Waals surface area contributed by atoms with Gasteiger partial charge in [0.25, 0.3) is 5.89 Å². The lowest BCUT2D eigenvalue weighted by Crippen LogP contribution is -1.98. The van der Waals surface area contributed by atoms with Crippen LogP contribution in [0, 0.1) is 0 Å². The molecule has 0 atom stereocenters. The van der Waals surface area contributed by atoms with Crippen molar-refractivity contribution in [1.29, 1.82) is 0 Å². The van der Waals surface area contributed by atoms with Crippen molar-refractivity contribution in [3.05, 3.63) is 41.6 Å². The van der Waals surface area contributed by atoms with Gasteiger partial charge in [0.15, 0.2) is 6.61 Å². The fourth-order valence-electron chi connectivity index (χ4n) is 1.57. The van der Waals surface area contributed by atoms with Crippen molar-refractivity contribution in [3.8, 4) is 5.75 Å². The van der Waals surface area contributed by atoms with Gasteiger partial charge in [-0.05, 0) is 18.1 Å². The van der Waals surface area contributed by atoms with Gasteiger partial charge in [-0.1, -0.05) is 32.0 Å². The van der Waals surface area contributed by atoms with Gasteiger partial charge >= 0.3 is 0 Å². The normalized spacial score (nSPS) is 10.5. The summed E-state index contributed by atoms with van der Waals surface area (Å²) in [5.74, 6) is 2.05. The summed E-state index contributed by atoms with van der Waals surface area (Å²) in [6.45, 7) is 4.40. The van der Waals surface area contributed by atoms with Gasteiger partial charge in [-0.2, -0.15) is 0 Å². The third-order valence-electron chi connectivity index (χ3n) is 2.52. The molecule has 0 aliphatic rings. The van der Waals surface area contributed by atoms with Gasteiger partial charge in [-0.25, -0.2) is 0 Å². The minimum atomic E-state index is 0.323. The quantitative estimate of drug-likeness (QED) is 0.795. The van der Waals surface area contributed by atoms with Crippen LogP contribution in [0.15, 0.2) is 28.7 Å². The first-order valence-electron chi connectivity index (χ1n) is 5.85. The predicted molar refractivity (Wildman–Crippen MR) is 63.8 cm³/mol. The third-order valence-corrected chi connectivity index (χ3v) is 2.52. The standard InChI is InChI=1S/C13H16N2O2/c1-3-10-7-5-6-8-11(10)16-9-13-15-14-12(4-2)17-13/h5-8H,3-4,9H2,1-2H3. The third kappa shape index (κ3) is 2.84. The summed E-state index contributed by atoms with van der Waals surface area (Å²) >= 11 is 0. The van der Waals surface area contributed by atoms with Crippen LogP contribution in [0.4, 0.5) is 0 Å². The molecule has 2 rings (SSSR count). The molecule has 1 aromatic carbocycles. The number of hydrogen-bond donors (Lipinski definition) is 0. The summed E-state index contributed by atoms with van der Waals surface area (Å²) in [4.78, 5) is 0. The van der Waals surface area contributed by atoms with E-state index in [2.05, 4.69) is 23.2 Å². The van der Waals surface area contributed by atoms with E-state index in [1.54, 1.807) is 0 Å². The molecular weight excluding hydrogens is 216 g/mol. The highest BCUT2D eigenvalue weighted by Crippen LogP contribution is 2.19.